The molecule has 28 heavy (non-hydrogen) atoms. The van der Waals surface area contributed by atoms with Gasteiger partial charge in [0.1, 0.15) is 0 Å². The van der Waals surface area contributed by atoms with E-state index >= 15 is 0 Å². The first-order valence-electron chi connectivity index (χ1n) is 9.66. The maximum absolute atomic E-state index is 2.42. The zero-order valence-corrected chi connectivity index (χ0v) is 15.6. The Labute approximate surface area is 165 Å². The van der Waals surface area contributed by atoms with Crippen LogP contribution in [0.4, 0.5) is 0 Å². The summed E-state index contributed by atoms with van der Waals surface area (Å²) in [5.41, 5.74) is 6.32. The molecule has 1 heterocycles. The Morgan fingerprint density at radius 2 is 1.18 bits per heavy atom. The quantitative estimate of drug-likeness (QED) is 0.304. The van der Waals surface area contributed by atoms with Gasteiger partial charge in [-0.05, 0) is 34.9 Å². The summed E-state index contributed by atoms with van der Waals surface area (Å²) >= 11 is 0. The third kappa shape index (κ3) is 3.12. The van der Waals surface area contributed by atoms with Gasteiger partial charge in [-0.3, -0.25) is 0 Å². The molecule has 0 atom stereocenters. The molecule has 0 fully saturated rings. The summed E-state index contributed by atoms with van der Waals surface area (Å²) in [7, 11) is 0. The van der Waals surface area contributed by atoms with Crippen LogP contribution >= 0.6 is 0 Å². The van der Waals surface area contributed by atoms with E-state index in [0.29, 0.717) is 0 Å². The van der Waals surface area contributed by atoms with Gasteiger partial charge in [0.15, 0.2) is 0 Å². The molecule has 5 rings (SSSR count). The van der Waals surface area contributed by atoms with Gasteiger partial charge >= 0.3 is 0 Å². The average molecular weight is 359 g/mol. The molecule has 0 amide bonds. The summed E-state index contributed by atoms with van der Waals surface area (Å²) in [5, 5.41) is 2.62. The van der Waals surface area contributed by atoms with Crippen molar-refractivity contribution in [2.24, 2.45) is 0 Å². The summed E-state index contributed by atoms with van der Waals surface area (Å²) in [5.74, 6) is 0. The van der Waals surface area contributed by atoms with E-state index < -0.39 is 0 Å². The Morgan fingerprint density at radius 1 is 0.536 bits per heavy atom. The lowest BCUT2D eigenvalue weighted by Gasteiger charge is -2.08. The van der Waals surface area contributed by atoms with Gasteiger partial charge in [-0.15, -0.1) is 0 Å². The molecule has 1 aromatic heterocycles. The van der Waals surface area contributed by atoms with Gasteiger partial charge in [-0.1, -0.05) is 97.1 Å². The van der Waals surface area contributed by atoms with E-state index in [1.807, 2.05) is 6.07 Å². The Kier molecular flexibility index (Phi) is 4.27. The fourth-order valence-corrected chi connectivity index (χ4v) is 3.87. The molecule has 0 unspecified atom stereocenters. The molecule has 134 valence electrons. The van der Waals surface area contributed by atoms with Crippen LogP contribution in [0, 0.1) is 0 Å². The molecule has 1 nitrogen and oxygen atoms in total. The molecule has 0 aliphatic carbocycles. The molecular formula is C27H21N. The monoisotopic (exact) mass is 359 g/mol. The van der Waals surface area contributed by atoms with Crippen molar-refractivity contribution in [2.75, 3.05) is 0 Å². The number of aromatic nitrogens is 1. The summed E-state index contributed by atoms with van der Waals surface area (Å²) in [6.45, 7) is 0.879. The number of fused-ring (bicyclic) bond motifs is 3. The fraction of sp³-hybridized carbons (Fsp3) is 0.0370. The van der Waals surface area contributed by atoms with Crippen LogP contribution in [0.25, 0.3) is 34.0 Å². The second-order valence-electron chi connectivity index (χ2n) is 7.11. The molecule has 0 saturated carbocycles. The Morgan fingerprint density at radius 3 is 2.00 bits per heavy atom. The maximum atomic E-state index is 2.42. The minimum atomic E-state index is 0.879. The van der Waals surface area contributed by atoms with Crippen molar-refractivity contribution in [3.05, 3.63) is 120 Å². The average Bonchev–Trinajstić information content (AvgIpc) is 3.07. The van der Waals surface area contributed by atoms with Crippen molar-refractivity contribution in [1.82, 2.24) is 4.57 Å². The van der Waals surface area contributed by atoms with Crippen LogP contribution in [0.1, 0.15) is 16.7 Å². The number of nitrogens with zero attached hydrogens (tertiary/aromatic N) is 1. The molecule has 0 saturated heterocycles. The molecule has 0 bridgehead atoms. The molecule has 5 aromatic rings. The van der Waals surface area contributed by atoms with Crippen LogP contribution in [-0.4, -0.2) is 4.57 Å². The number of hydrogen-bond acceptors (Lipinski definition) is 0. The SMILES string of the molecule is C(=Cc1ccc2c(c1)c1ccccc1n2Cc1ccccc1)c1ccccc1. The largest absolute Gasteiger partial charge is 0.336 e. The highest BCUT2D eigenvalue weighted by atomic mass is 15.0. The first-order valence-corrected chi connectivity index (χ1v) is 9.66. The first-order chi connectivity index (χ1) is 13.9. The lowest BCUT2D eigenvalue weighted by Crippen LogP contribution is -1.98. The van der Waals surface area contributed by atoms with Crippen LogP contribution in [0.2, 0.25) is 0 Å². The van der Waals surface area contributed by atoms with Crippen LogP contribution in [0.5, 0.6) is 0 Å². The van der Waals surface area contributed by atoms with Crippen molar-refractivity contribution < 1.29 is 0 Å². The third-order valence-corrected chi connectivity index (χ3v) is 5.25. The molecule has 4 aromatic carbocycles. The molecule has 0 spiro atoms. The van der Waals surface area contributed by atoms with E-state index in [0.717, 1.165) is 6.54 Å². The van der Waals surface area contributed by atoms with Crippen molar-refractivity contribution in [2.45, 2.75) is 6.54 Å². The number of benzene rings is 4. The van der Waals surface area contributed by atoms with Crippen molar-refractivity contribution >= 4 is 34.0 Å². The van der Waals surface area contributed by atoms with Crippen molar-refractivity contribution in [3.63, 3.8) is 0 Å². The Bertz CT molecular complexity index is 1260. The van der Waals surface area contributed by atoms with Gasteiger partial charge < -0.3 is 4.57 Å². The topological polar surface area (TPSA) is 4.93 Å². The zero-order chi connectivity index (χ0) is 18.8. The van der Waals surface area contributed by atoms with E-state index in [9.17, 15) is 0 Å². The van der Waals surface area contributed by atoms with Crippen LogP contribution in [0.15, 0.2) is 103 Å². The van der Waals surface area contributed by atoms with Crippen molar-refractivity contribution in [1.29, 1.82) is 0 Å². The van der Waals surface area contributed by atoms with Gasteiger partial charge in [0.2, 0.25) is 0 Å². The highest BCUT2D eigenvalue weighted by Gasteiger charge is 2.10. The molecule has 0 aliphatic heterocycles. The smallest absolute Gasteiger partial charge is 0.0494 e. The highest BCUT2D eigenvalue weighted by Crippen LogP contribution is 2.31. The Balaban J connectivity index is 1.62. The van der Waals surface area contributed by atoms with Gasteiger partial charge in [0.05, 0.1) is 0 Å². The van der Waals surface area contributed by atoms with Gasteiger partial charge in [0, 0.05) is 28.4 Å². The standard InChI is InChI=1S/C27H21N/c1-3-9-21(10-4-1)15-16-22-17-18-27-25(19-22)24-13-7-8-14-26(24)28(27)20-23-11-5-2-6-12-23/h1-19H,20H2. The molecule has 0 radical (unpaired) electrons. The third-order valence-electron chi connectivity index (χ3n) is 5.25. The first kappa shape index (κ1) is 16.6. The van der Waals surface area contributed by atoms with E-state index in [4.69, 9.17) is 0 Å². The van der Waals surface area contributed by atoms with Crippen LogP contribution in [-0.2, 0) is 6.54 Å². The summed E-state index contributed by atoms with van der Waals surface area (Å²) in [6.07, 6.45) is 4.36. The summed E-state index contributed by atoms with van der Waals surface area (Å²) in [6, 6.07) is 36.6. The van der Waals surface area contributed by atoms with E-state index in [2.05, 4.69) is 114 Å². The lowest BCUT2D eigenvalue weighted by atomic mass is 10.1. The van der Waals surface area contributed by atoms with E-state index in [1.165, 1.54) is 38.5 Å². The molecule has 1 heteroatoms. The maximum Gasteiger partial charge on any atom is 0.0494 e. The normalized spacial score (nSPS) is 11.6. The van der Waals surface area contributed by atoms with Gasteiger partial charge in [0.25, 0.3) is 0 Å². The summed E-state index contributed by atoms with van der Waals surface area (Å²) in [4.78, 5) is 0. The second kappa shape index (κ2) is 7.21. The number of rotatable bonds is 4. The van der Waals surface area contributed by atoms with Crippen molar-refractivity contribution in [3.8, 4) is 0 Å². The van der Waals surface area contributed by atoms with Gasteiger partial charge in [-0.2, -0.15) is 0 Å². The minimum absolute atomic E-state index is 0.879. The van der Waals surface area contributed by atoms with Crippen LogP contribution in [0.3, 0.4) is 0 Å². The minimum Gasteiger partial charge on any atom is -0.336 e. The van der Waals surface area contributed by atoms with E-state index in [-0.39, 0.29) is 0 Å². The molecule has 0 aliphatic rings. The second-order valence-corrected chi connectivity index (χ2v) is 7.11. The molecule has 0 N–H and O–H groups in total. The molecular weight excluding hydrogens is 338 g/mol. The predicted molar refractivity (Wildman–Crippen MR) is 120 cm³/mol. The van der Waals surface area contributed by atoms with E-state index in [1.54, 1.807) is 0 Å². The number of para-hydroxylation sites is 1. The highest BCUT2D eigenvalue weighted by molar-refractivity contribution is 6.08. The van der Waals surface area contributed by atoms with Crippen LogP contribution < -0.4 is 0 Å². The Hall–Kier alpha value is -3.58. The predicted octanol–water partition coefficient (Wildman–Crippen LogP) is 7.01. The summed E-state index contributed by atoms with van der Waals surface area (Å²) < 4.78 is 2.42. The lowest BCUT2D eigenvalue weighted by molar-refractivity contribution is 0.869. The fourth-order valence-electron chi connectivity index (χ4n) is 3.87. The number of hydrogen-bond donors (Lipinski definition) is 0. The zero-order valence-electron chi connectivity index (χ0n) is 15.6. The van der Waals surface area contributed by atoms with Gasteiger partial charge in [-0.25, -0.2) is 0 Å².